The van der Waals surface area contributed by atoms with Gasteiger partial charge in [-0.05, 0) is 72.9 Å². The lowest BCUT2D eigenvalue weighted by molar-refractivity contribution is -0.134. The number of anilines is 1. The molecule has 3 aliphatic rings. The SMILES string of the molecule is O=C(CN1C(=O)NC2(CCCc3ccccc32)C1=O)Nc1ccc2c(c1)CCC2. The normalized spacial score (nSPS) is 22.4. The Kier molecular flexibility index (Phi) is 4.15. The van der Waals surface area contributed by atoms with Crippen molar-refractivity contribution in [2.45, 2.75) is 44.1 Å². The number of urea groups is 1. The number of amides is 4. The molecule has 2 N–H and O–H groups in total. The van der Waals surface area contributed by atoms with Crippen LogP contribution >= 0.6 is 0 Å². The van der Waals surface area contributed by atoms with Crippen molar-refractivity contribution in [1.82, 2.24) is 10.2 Å². The van der Waals surface area contributed by atoms with Crippen LogP contribution in [0.3, 0.4) is 0 Å². The molecule has 0 aromatic heterocycles. The topological polar surface area (TPSA) is 78.5 Å². The van der Waals surface area contributed by atoms with Crippen LogP contribution in [0.5, 0.6) is 0 Å². The summed E-state index contributed by atoms with van der Waals surface area (Å²) in [6.07, 6.45) is 5.50. The summed E-state index contributed by atoms with van der Waals surface area (Å²) in [7, 11) is 0. The number of benzene rings is 2. The van der Waals surface area contributed by atoms with Gasteiger partial charge in [0.2, 0.25) is 5.91 Å². The van der Waals surface area contributed by atoms with Crippen LogP contribution in [-0.4, -0.2) is 29.3 Å². The summed E-state index contributed by atoms with van der Waals surface area (Å²) in [6.45, 7) is -0.286. The van der Waals surface area contributed by atoms with Gasteiger partial charge in [0.25, 0.3) is 5.91 Å². The van der Waals surface area contributed by atoms with Crippen molar-refractivity contribution < 1.29 is 14.4 Å². The van der Waals surface area contributed by atoms with E-state index in [2.05, 4.69) is 10.6 Å². The molecule has 6 nitrogen and oxygen atoms in total. The minimum absolute atomic E-state index is 0.286. The Labute approximate surface area is 169 Å². The molecule has 1 unspecified atom stereocenters. The highest BCUT2D eigenvalue weighted by Crippen LogP contribution is 2.39. The first-order chi connectivity index (χ1) is 14.1. The summed E-state index contributed by atoms with van der Waals surface area (Å²) in [5.41, 5.74) is 4.19. The molecule has 2 aromatic carbocycles. The van der Waals surface area contributed by atoms with Crippen LogP contribution in [0.1, 0.15) is 41.5 Å². The standard InChI is InChI=1S/C23H23N3O3/c27-20(24-18-11-10-15-6-3-7-17(15)13-18)14-26-21(28)23(25-22(26)29)12-4-8-16-5-1-2-9-19(16)23/h1-2,5,9-11,13H,3-4,6-8,12,14H2,(H,24,27)(H,25,29). The van der Waals surface area contributed by atoms with Gasteiger partial charge in [-0.2, -0.15) is 0 Å². The fourth-order valence-corrected chi connectivity index (χ4v) is 4.95. The molecule has 29 heavy (non-hydrogen) atoms. The van der Waals surface area contributed by atoms with Crippen LogP contribution in [0.25, 0.3) is 0 Å². The molecular weight excluding hydrogens is 366 g/mol. The maximum absolute atomic E-state index is 13.3. The second-order valence-corrected chi connectivity index (χ2v) is 8.12. The largest absolute Gasteiger partial charge is 0.325 e. The van der Waals surface area contributed by atoms with E-state index in [1.807, 2.05) is 42.5 Å². The van der Waals surface area contributed by atoms with Gasteiger partial charge in [0.05, 0.1) is 0 Å². The molecule has 5 rings (SSSR count). The molecule has 6 heteroatoms. The fourth-order valence-electron chi connectivity index (χ4n) is 4.95. The molecule has 2 aliphatic carbocycles. The van der Waals surface area contributed by atoms with Crippen molar-refractivity contribution in [2.75, 3.05) is 11.9 Å². The van der Waals surface area contributed by atoms with Crippen LogP contribution in [-0.2, 0) is 34.4 Å². The third kappa shape index (κ3) is 2.90. The Morgan fingerprint density at radius 2 is 1.79 bits per heavy atom. The summed E-state index contributed by atoms with van der Waals surface area (Å²) in [5, 5.41) is 5.72. The lowest BCUT2D eigenvalue weighted by atomic mass is 9.76. The number of imide groups is 1. The van der Waals surface area contributed by atoms with Crippen molar-refractivity contribution in [3.05, 3.63) is 64.7 Å². The van der Waals surface area contributed by atoms with E-state index in [0.717, 1.165) is 48.1 Å². The smallest absolute Gasteiger partial charge is 0.325 e. The van der Waals surface area contributed by atoms with Gasteiger partial charge in [-0.25, -0.2) is 4.79 Å². The van der Waals surface area contributed by atoms with E-state index < -0.39 is 11.6 Å². The van der Waals surface area contributed by atoms with Gasteiger partial charge in [-0.3, -0.25) is 14.5 Å². The maximum atomic E-state index is 13.3. The van der Waals surface area contributed by atoms with E-state index in [9.17, 15) is 14.4 Å². The number of fused-ring (bicyclic) bond motifs is 3. The number of rotatable bonds is 3. The Morgan fingerprint density at radius 1 is 1.00 bits per heavy atom. The Balaban J connectivity index is 1.34. The molecule has 1 fully saturated rings. The fraction of sp³-hybridized carbons (Fsp3) is 0.348. The average molecular weight is 389 g/mol. The first kappa shape index (κ1) is 17.9. The van der Waals surface area contributed by atoms with Crippen LogP contribution in [0.4, 0.5) is 10.5 Å². The molecule has 1 atom stereocenters. The highest BCUT2D eigenvalue weighted by molar-refractivity contribution is 6.10. The number of hydrogen-bond donors (Lipinski definition) is 2. The predicted octanol–water partition coefficient (Wildman–Crippen LogP) is 2.90. The Hall–Kier alpha value is -3.15. The summed E-state index contributed by atoms with van der Waals surface area (Å²) < 4.78 is 0. The van der Waals surface area contributed by atoms with Crippen molar-refractivity contribution in [3.63, 3.8) is 0 Å². The van der Waals surface area contributed by atoms with E-state index in [-0.39, 0.29) is 18.4 Å². The number of aryl methyl sites for hydroxylation is 3. The molecule has 0 saturated carbocycles. The van der Waals surface area contributed by atoms with E-state index in [0.29, 0.717) is 12.1 Å². The van der Waals surface area contributed by atoms with E-state index in [1.54, 1.807) is 0 Å². The lowest BCUT2D eigenvalue weighted by Gasteiger charge is -2.33. The zero-order valence-corrected chi connectivity index (χ0v) is 16.2. The summed E-state index contributed by atoms with van der Waals surface area (Å²) in [5.74, 6) is -0.702. The van der Waals surface area contributed by atoms with Gasteiger partial charge in [0.1, 0.15) is 12.1 Å². The van der Waals surface area contributed by atoms with Crippen molar-refractivity contribution >= 4 is 23.5 Å². The Bertz CT molecular complexity index is 1030. The molecule has 148 valence electrons. The zero-order valence-electron chi connectivity index (χ0n) is 16.2. The van der Waals surface area contributed by atoms with E-state index in [1.165, 1.54) is 11.1 Å². The number of nitrogens with zero attached hydrogens (tertiary/aromatic N) is 1. The van der Waals surface area contributed by atoms with E-state index >= 15 is 0 Å². The highest BCUT2D eigenvalue weighted by atomic mass is 16.2. The van der Waals surface area contributed by atoms with Gasteiger partial charge in [0.15, 0.2) is 0 Å². The number of carbonyl (C=O) groups is 3. The first-order valence-electron chi connectivity index (χ1n) is 10.2. The Morgan fingerprint density at radius 3 is 2.69 bits per heavy atom. The number of nitrogens with one attached hydrogen (secondary N) is 2. The predicted molar refractivity (Wildman–Crippen MR) is 108 cm³/mol. The van der Waals surface area contributed by atoms with Crippen LogP contribution in [0.15, 0.2) is 42.5 Å². The lowest BCUT2D eigenvalue weighted by Crippen LogP contribution is -2.47. The molecule has 1 heterocycles. The molecule has 2 aromatic rings. The summed E-state index contributed by atoms with van der Waals surface area (Å²) in [6, 6.07) is 13.1. The van der Waals surface area contributed by atoms with Crippen molar-refractivity contribution in [3.8, 4) is 0 Å². The minimum atomic E-state index is -1.04. The minimum Gasteiger partial charge on any atom is -0.325 e. The van der Waals surface area contributed by atoms with E-state index in [4.69, 9.17) is 0 Å². The number of carbonyl (C=O) groups excluding carboxylic acids is 3. The van der Waals surface area contributed by atoms with Crippen molar-refractivity contribution in [1.29, 1.82) is 0 Å². The molecule has 1 aliphatic heterocycles. The maximum Gasteiger partial charge on any atom is 0.325 e. The zero-order chi connectivity index (χ0) is 20.0. The second-order valence-electron chi connectivity index (χ2n) is 8.12. The monoisotopic (exact) mass is 389 g/mol. The van der Waals surface area contributed by atoms with Crippen LogP contribution in [0, 0.1) is 0 Å². The van der Waals surface area contributed by atoms with Crippen LogP contribution in [0.2, 0.25) is 0 Å². The molecule has 0 bridgehead atoms. The van der Waals surface area contributed by atoms with Gasteiger partial charge >= 0.3 is 6.03 Å². The molecule has 1 saturated heterocycles. The molecule has 0 radical (unpaired) electrons. The molecular formula is C23H23N3O3. The molecule has 1 spiro atoms. The second kappa shape index (κ2) is 6.72. The highest BCUT2D eigenvalue weighted by Gasteiger charge is 2.54. The first-order valence-corrected chi connectivity index (χ1v) is 10.2. The third-order valence-electron chi connectivity index (χ3n) is 6.33. The number of hydrogen-bond acceptors (Lipinski definition) is 3. The van der Waals surface area contributed by atoms with Crippen molar-refractivity contribution in [2.24, 2.45) is 0 Å². The van der Waals surface area contributed by atoms with Gasteiger partial charge in [0, 0.05) is 5.69 Å². The average Bonchev–Trinajstić information content (AvgIpc) is 3.27. The quantitative estimate of drug-likeness (QED) is 0.793. The van der Waals surface area contributed by atoms with Crippen LogP contribution < -0.4 is 10.6 Å². The van der Waals surface area contributed by atoms with Gasteiger partial charge < -0.3 is 10.6 Å². The summed E-state index contributed by atoms with van der Waals surface area (Å²) in [4.78, 5) is 39.5. The third-order valence-corrected chi connectivity index (χ3v) is 6.33. The van der Waals surface area contributed by atoms with Gasteiger partial charge in [-0.1, -0.05) is 30.3 Å². The molecule has 4 amide bonds. The van der Waals surface area contributed by atoms with Gasteiger partial charge in [-0.15, -0.1) is 0 Å². The summed E-state index contributed by atoms with van der Waals surface area (Å²) >= 11 is 0.